The summed E-state index contributed by atoms with van der Waals surface area (Å²) in [5.41, 5.74) is -0.443. The smallest absolute Gasteiger partial charge is 0.410 e. The SMILES string of the molecule is CC(C)(C)OC(=O)N1CC[C@H](CSc2ncc(Cl)cn2)C1. The fraction of sp³-hybridized carbons (Fsp3) is 0.643. The first-order chi connectivity index (χ1) is 9.83. The number of hydrogen-bond acceptors (Lipinski definition) is 5. The predicted octanol–water partition coefficient (Wildman–Crippen LogP) is 3.48. The highest BCUT2D eigenvalue weighted by atomic mass is 35.5. The molecule has 2 rings (SSSR count). The summed E-state index contributed by atoms with van der Waals surface area (Å²) in [6.45, 7) is 7.13. The standard InChI is InChI=1S/C14H20ClN3O2S/c1-14(2,3)20-13(19)18-5-4-10(8-18)9-21-12-16-6-11(15)7-17-12/h6-7,10H,4-5,8-9H2,1-3H3/t10-/m0/s1. The fourth-order valence-corrected chi connectivity index (χ4v) is 3.04. The molecule has 1 aliphatic heterocycles. The van der Waals surface area contributed by atoms with Crippen molar-refractivity contribution >= 4 is 29.5 Å². The number of nitrogens with zero attached hydrogens (tertiary/aromatic N) is 3. The minimum Gasteiger partial charge on any atom is -0.444 e. The molecule has 0 N–H and O–H groups in total. The zero-order valence-electron chi connectivity index (χ0n) is 12.5. The largest absolute Gasteiger partial charge is 0.444 e. The van der Waals surface area contributed by atoms with Crippen LogP contribution in [0.25, 0.3) is 0 Å². The normalized spacial score (nSPS) is 18.9. The maximum Gasteiger partial charge on any atom is 0.410 e. The van der Waals surface area contributed by atoms with Crippen molar-refractivity contribution in [1.82, 2.24) is 14.9 Å². The van der Waals surface area contributed by atoms with Crippen LogP contribution < -0.4 is 0 Å². The van der Waals surface area contributed by atoms with Crippen molar-refractivity contribution in [2.24, 2.45) is 5.92 Å². The molecule has 1 atom stereocenters. The molecule has 0 bridgehead atoms. The van der Waals surface area contributed by atoms with Gasteiger partial charge >= 0.3 is 6.09 Å². The van der Waals surface area contributed by atoms with Crippen molar-refractivity contribution in [3.05, 3.63) is 17.4 Å². The molecular weight excluding hydrogens is 310 g/mol. The summed E-state index contributed by atoms with van der Waals surface area (Å²) in [5.74, 6) is 1.34. The van der Waals surface area contributed by atoms with Crippen LogP contribution in [0.1, 0.15) is 27.2 Å². The number of rotatable bonds is 3. The zero-order chi connectivity index (χ0) is 15.5. The van der Waals surface area contributed by atoms with Gasteiger partial charge in [-0.2, -0.15) is 0 Å². The Kier molecular flexibility index (Phi) is 5.32. The van der Waals surface area contributed by atoms with E-state index in [9.17, 15) is 4.79 Å². The van der Waals surface area contributed by atoms with Crippen molar-refractivity contribution in [1.29, 1.82) is 0 Å². The van der Waals surface area contributed by atoms with E-state index in [-0.39, 0.29) is 6.09 Å². The van der Waals surface area contributed by atoms with Gasteiger partial charge in [-0.3, -0.25) is 0 Å². The van der Waals surface area contributed by atoms with Gasteiger partial charge in [-0.25, -0.2) is 14.8 Å². The maximum atomic E-state index is 12.0. The Morgan fingerprint density at radius 1 is 1.48 bits per heavy atom. The van der Waals surface area contributed by atoms with E-state index >= 15 is 0 Å². The minimum atomic E-state index is -0.443. The van der Waals surface area contributed by atoms with Gasteiger partial charge in [0.1, 0.15) is 5.60 Å². The van der Waals surface area contributed by atoms with Crippen LogP contribution in [0.15, 0.2) is 17.6 Å². The fourth-order valence-electron chi connectivity index (χ4n) is 2.03. The van der Waals surface area contributed by atoms with E-state index < -0.39 is 5.60 Å². The molecule has 0 spiro atoms. The summed E-state index contributed by atoms with van der Waals surface area (Å²) in [6.07, 6.45) is 3.95. The average Bonchev–Trinajstić information content (AvgIpc) is 2.85. The molecule has 1 aromatic heterocycles. The molecule has 2 heterocycles. The van der Waals surface area contributed by atoms with Crippen LogP contribution in [-0.2, 0) is 4.74 Å². The van der Waals surface area contributed by atoms with E-state index in [1.807, 2.05) is 20.8 Å². The van der Waals surface area contributed by atoms with Crippen LogP contribution in [0, 0.1) is 5.92 Å². The van der Waals surface area contributed by atoms with Crippen LogP contribution >= 0.6 is 23.4 Å². The summed E-state index contributed by atoms with van der Waals surface area (Å²) >= 11 is 7.35. The Morgan fingerprint density at radius 2 is 2.14 bits per heavy atom. The highest BCUT2D eigenvalue weighted by Gasteiger charge is 2.29. The molecule has 0 aliphatic carbocycles. The monoisotopic (exact) mass is 329 g/mol. The van der Waals surface area contributed by atoms with Crippen LogP contribution in [0.4, 0.5) is 4.79 Å². The second-order valence-electron chi connectivity index (χ2n) is 6.08. The molecular formula is C14H20ClN3O2S. The first-order valence-corrected chi connectivity index (χ1v) is 8.28. The Bertz CT molecular complexity index is 490. The number of likely N-dealkylation sites (tertiary alicyclic amines) is 1. The molecule has 21 heavy (non-hydrogen) atoms. The Balaban J connectivity index is 1.77. The number of hydrogen-bond donors (Lipinski definition) is 0. The second-order valence-corrected chi connectivity index (χ2v) is 7.50. The molecule has 116 valence electrons. The molecule has 1 aliphatic rings. The van der Waals surface area contributed by atoms with Crippen molar-refractivity contribution < 1.29 is 9.53 Å². The molecule has 5 nitrogen and oxygen atoms in total. The lowest BCUT2D eigenvalue weighted by Crippen LogP contribution is -2.35. The highest BCUT2D eigenvalue weighted by Crippen LogP contribution is 2.25. The molecule has 0 unspecified atom stereocenters. The lowest BCUT2D eigenvalue weighted by atomic mass is 10.2. The Hall–Kier alpha value is -1.01. The number of carbonyl (C=O) groups is 1. The molecule has 0 aromatic carbocycles. The van der Waals surface area contributed by atoms with Crippen molar-refractivity contribution in [2.75, 3.05) is 18.8 Å². The van der Waals surface area contributed by atoms with Gasteiger partial charge in [-0.05, 0) is 33.1 Å². The van der Waals surface area contributed by atoms with E-state index in [2.05, 4.69) is 9.97 Å². The van der Waals surface area contributed by atoms with E-state index in [1.165, 1.54) is 0 Å². The number of aromatic nitrogens is 2. The summed E-state index contributed by atoms with van der Waals surface area (Å²) in [6, 6.07) is 0. The third-order valence-electron chi connectivity index (χ3n) is 2.98. The minimum absolute atomic E-state index is 0.224. The molecule has 1 aromatic rings. The van der Waals surface area contributed by atoms with Gasteiger partial charge in [-0.15, -0.1) is 0 Å². The van der Waals surface area contributed by atoms with E-state index in [0.717, 1.165) is 30.4 Å². The first kappa shape index (κ1) is 16.4. The Morgan fingerprint density at radius 3 is 2.76 bits per heavy atom. The van der Waals surface area contributed by atoms with Gasteiger partial charge in [-0.1, -0.05) is 23.4 Å². The second kappa shape index (κ2) is 6.83. The van der Waals surface area contributed by atoms with Crippen LogP contribution in [0.3, 0.4) is 0 Å². The van der Waals surface area contributed by atoms with Gasteiger partial charge in [0, 0.05) is 18.8 Å². The molecule has 0 saturated carbocycles. The summed E-state index contributed by atoms with van der Waals surface area (Å²) in [5, 5.41) is 1.26. The van der Waals surface area contributed by atoms with Gasteiger partial charge in [0.15, 0.2) is 5.16 Å². The van der Waals surface area contributed by atoms with Crippen molar-refractivity contribution in [2.45, 2.75) is 37.9 Å². The summed E-state index contributed by atoms with van der Waals surface area (Å²) < 4.78 is 5.39. The van der Waals surface area contributed by atoms with Crippen LogP contribution in [-0.4, -0.2) is 45.4 Å². The van der Waals surface area contributed by atoms with Gasteiger partial charge in [0.2, 0.25) is 0 Å². The van der Waals surface area contributed by atoms with Crippen molar-refractivity contribution in [3.8, 4) is 0 Å². The first-order valence-electron chi connectivity index (χ1n) is 6.92. The van der Waals surface area contributed by atoms with E-state index in [0.29, 0.717) is 10.9 Å². The molecule has 1 saturated heterocycles. The number of amides is 1. The van der Waals surface area contributed by atoms with E-state index in [4.69, 9.17) is 16.3 Å². The van der Waals surface area contributed by atoms with Gasteiger partial charge in [0.25, 0.3) is 0 Å². The summed E-state index contributed by atoms with van der Waals surface area (Å²) in [7, 11) is 0. The van der Waals surface area contributed by atoms with Gasteiger partial charge < -0.3 is 9.64 Å². The number of halogens is 1. The topological polar surface area (TPSA) is 55.3 Å². The number of thioether (sulfide) groups is 1. The maximum absolute atomic E-state index is 12.0. The average molecular weight is 330 g/mol. The number of carbonyl (C=O) groups excluding carboxylic acids is 1. The van der Waals surface area contributed by atoms with Crippen LogP contribution in [0.5, 0.6) is 0 Å². The quantitative estimate of drug-likeness (QED) is 0.627. The lowest BCUT2D eigenvalue weighted by Gasteiger charge is -2.24. The highest BCUT2D eigenvalue weighted by molar-refractivity contribution is 7.99. The zero-order valence-corrected chi connectivity index (χ0v) is 14.1. The molecule has 7 heteroatoms. The van der Waals surface area contributed by atoms with Crippen molar-refractivity contribution in [3.63, 3.8) is 0 Å². The lowest BCUT2D eigenvalue weighted by molar-refractivity contribution is 0.0289. The predicted molar refractivity (Wildman–Crippen MR) is 83.7 cm³/mol. The third kappa shape index (κ3) is 5.36. The number of ether oxygens (including phenoxy) is 1. The third-order valence-corrected chi connectivity index (χ3v) is 4.28. The summed E-state index contributed by atoms with van der Waals surface area (Å²) in [4.78, 5) is 22.1. The van der Waals surface area contributed by atoms with Crippen LogP contribution in [0.2, 0.25) is 5.02 Å². The molecule has 0 radical (unpaired) electrons. The van der Waals surface area contributed by atoms with Gasteiger partial charge in [0.05, 0.1) is 17.4 Å². The Labute approximate surface area is 134 Å². The molecule has 1 amide bonds. The van der Waals surface area contributed by atoms with E-state index in [1.54, 1.807) is 29.1 Å². The molecule has 1 fully saturated rings.